The molecule has 1 aliphatic rings. The zero-order valence-corrected chi connectivity index (χ0v) is 22.0. The average molecular weight is 502 g/mol. The topological polar surface area (TPSA) is 82.1 Å². The van der Waals surface area contributed by atoms with Gasteiger partial charge in [0.15, 0.2) is 0 Å². The quantitative estimate of drug-likeness (QED) is 0.520. The van der Waals surface area contributed by atoms with Crippen LogP contribution in [0.4, 0.5) is 4.79 Å². The van der Waals surface area contributed by atoms with Gasteiger partial charge in [0.05, 0.1) is 13.2 Å². The van der Waals surface area contributed by atoms with Crippen molar-refractivity contribution >= 4 is 23.6 Å². The van der Waals surface area contributed by atoms with E-state index in [1.54, 1.807) is 23.0 Å². The van der Waals surface area contributed by atoms with Gasteiger partial charge in [-0.2, -0.15) is 0 Å². The van der Waals surface area contributed by atoms with Crippen molar-refractivity contribution in [3.8, 4) is 5.75 Å². The smallest absolute Gasteiger partial charge is 0.326 e. The molecular weight excluding hydrogens is 466 g/mol. The Kier molecular flexibility index (Phi) is 8.67. The van der Waals surface area contributed by atoms with Gasteiger partial charge >= 0.3 is 12.0 Å². The predicted octanol–water partition coefficient (Wildman–Crippen LogP) is 5.19. The molecule has 7 nitrogen and oxygen atoms in total. The Morgan fingerprint density at radius 3 is 2.29 bits per heavy atom. The molecule has 8 heteroatoms. The zero-order chi connectivity index (χ0) is 25.9. The molecule has 2 aromatic carbocycles. The van der Waals surface area contributed by atoms with Crippen molar-refractivity contribution in [1.82, 2.24) is 15.1 Å². The lowest BCUT2D eigenvalue weighted by atomic mass is 9.92. The van der Waals surface area contributed by atoms with E-state index in [1.165, 1.54) is 0 Å². The number of amides is 2. The summed E-state index contributed by atoms with van der Waals surface area (Å²) in [6.45, 7) is 10.1. The molecule has 0 saturated carbocycles. The zero-order valence-electron chi connectivity index (χ0n) is 21.2. The predicted molar refractivity (Wildman–Crippen MR) is 138 cm³/mol. The Hall–Kier alpha value is -2.77. The average Bonchev–Trinajstić information content (AvgIpc) is 3.10. The standard InChI is InChI=1S/C27H36ClN3O4/c1-16(2)30(17(3)4)27(34)31-24(26(32)33)18(5)23(25(31)19-10-8-7-9-11-19)29-15-20-14-21(28)12-13-22(20)35-6/h7-14,16-18,23-25,29H,15H2,1-6H3,(H,32,33). The van der Waals surface area contributed by atoms with Gasteiger partial charge in [-0.1, -0.05) is 48.9 Å². The third kappa shape index (κ3) is 5.57. The summed E-state index contributed by atoms with van der Waals surface area (Å²) < 4.78 is 5.49. The highest BCUT2D eigenvalue weighted by Gasteiger charge is 2.53. The van der Waals surface area contributed by atoms with E-state index in [9.17, 15) is 14.7 Å². The van der Waals surface area contributed by atoms with Crippen LogP contribution in [0.5, 0.6) is 5.75 Å². The number of likely N-dealkylation sites (tertiary alicyclic amines) is 1. The monoisotopic (exact) mass is 501 g/mol. The van der Waals surface area contributed by atoms with E-state index in [2.05, 4.69) is 5.32 Å². The van der Waals surface area contributed by atoms with Crippen molar-refractivity contribution in [3.63, 3.8) is 0 Å². The normalized spacial score (nSPS) is 22.0. The van der Waals surface area contributed by atoms with E-state index in [-0.39, 0.29) is 30.1 Å². The van der Waals surface area contributed by atoms with Gasteiger partial charge in [0.2, 0.25) is 0 Å². The number of aliphatic carboxylic acids is 1. The Morgan fingerprint density at radius 2 is 1.74 bits per heavy atom. The van der Waals surface area contributed by atoms with Gasteiger partial charge in [-0.25, -0.2) is 9.59 Å². The van der Waals surface area contributed by atoms with Crippen LogP contribution < -0.4 is 10.1 Å². The van der Waals surface area contributed by atoms with Crippen molar-refractivity contribution in [3.05, 3.63) is 64.7 Å². The fraction of sp³-hybridized carbons (Fsp3) is 0.481. The summed E-state index contributed by atoms with van der Waals surface area (Å²) in [4.78, 5) is 29.8. The number of rotatable bonds is 8. The van der Waals surface area contributed by atoms with Gasteiger partial charge in [-0.3, -0.25) is 0 Å². The van der Waals surface area contributed by atoms with Gasteiger partial charge in [0.1, 0.15) is 11.8 Å². The van der Waals surface area contributed by atoms with Gasteiger partial charge in [0.25, 0.3) is 0 Å². The largest absolute Gasteiger partial charge is 0.496 e. The van der Waals surface area contributed by atoms with E-state index >= 15 is 0 Å². The van der Waals surface area contributed by atoms with Crippen LogP contribution in [-0.2, 0) is 11.3 Å². The molecule has 0 aliphatic carbocycles. The van der Waals surface area contributed by atoms with E-state index < -0.39 is 18.1 Å². The second kappa shape index (κ2) is 11.3. The van der Waals surface area contributed by atoms with Gasteiger partial charge in [-0.05, 0) is 51.5 Å². The number of urea groups is 1. The summed E-state index contributed by atoms with van der Waals surface area (Å²) >= 11 is 6.23. The molecule has 4 atom stereocenters. The molecule has 3 rings (SSSR count). The maximum Gasteiger partial charge on any atom is 0.326 e. The molecule has 2 amide bonds. The van der Waals surface area contributed by atoms with Gasteiger partial charge < -0.3 is 25.0 Å². The highest BCUT2D eigenvalue weighted by atomic mass is 35.5. The van der Waals surface area contributed by atoms with Crippen molar-refractivity contribution in [2.24, 2.45) is 5.92 Å². The molecule has 4 unspecified atom stereocenters. The molecule has 2 aromatic rings. The number of halogens is 1. The second-order valence-corrected chi connectivity index (χ2v) is 10.1. The first-order valence-electron chi connectivity index (χ1n) is 12.0. The first-order chi connectivity index (χ1) is 16.6. The van der Waals surface area contributed by atoms with E-state index in [4.69, 9.17) is 16.3 Å². The summed E-state index contributed by atoms with van der Waals surface area (Å²) in [7, 11) is 1.60. The summed E-state index contributed by atoms with van der Waals surface area (Å²) in [6.07, 6.45) is 0. The van der Waals surface area contributed by atoms with Crippen molar-refractivity contribution in [2.45, 2.75) is 71.4 Å². The molecule has 2 N–H and O–H groups in total. The number of ether oxygens (including phenoxy) is 1. The van der Waals surface area contributed by atoms with Crippen LogP contribution in [-0.4, -0.2) is 58.2 Å². The lowest BCUT2D eigenvalue weighted by Gasteiger charge is -2.39. The summed E-state index contributed by atoms with van der Waals surface area (Å²) in [6, 6.07) is 12.9. The van der Waals surface area contributed by atoms with Crippen molar-refractivity contribution < 1.29 is 19.4 Å². The minimum atomic E-state index is -1.01. The highest BCUT2D eigenvalue weighted by molar-refractivity contribution is 6.30. The van der Waals surface area contributed by atoms with E-state index in [0.717, 1.165) is 11.1 Å². The number of nitrogens with zero attached hydrogens (tertiary/aromatic N) is 2. The van der Waals surface area contributed by atoms with Crippen LogP contribution in [0.3, 0.4) is 0 Å². The molecule has 1 fully saturated rings. The van der Waals surface area contributed by atoms with Crippen molar-refractivity contribution in [1.29, 1.82) is 0 Å². The molecule has 35 heavy (non-hydrogen) atoms. The fourth-order valence-electron chi connectivity index (χ4n) is 5.27. The number of methoxy groups -OCH3 is 1. The maximum absolute atomic E-state index is 14.0. The highest BCUT2D eigenvalue weighted by Crippen LogP contribution is 2.42. The third-order valence-electron chi connectivity index (χ3n) is 6.72. The molecule has 1 heterocycles. The van der Waals surface area contributed by atoms with Gasteiger partial charge in [0, 0.05) is 41.2 Å². The van der Waals surface area contributed by atoms with Crippen LogP contribution in [0, 0.1) is 5.92 Å². The molecule has 0 spiro atoms. The van der Waals surface area contributed by atoms with Gasteiger partial charge in [-0.15, -0.1) is 0 Å². The lowest BCUT2D eigenvalue weighted by molar-refractivity contribution is -0.143. The number of carboxylic acid groups (broad SMARTS) is 1. The Balaban J connectivity index is 2.06. The lowest BCUT2D eigenvalue weighted by Crippen LogP contribution is -2.54. The van der Waals surface area contributed by atoms with E-state index in [0.29, 0.717) is 17.3 Å². The fourth-order valence-corrected chi connectivity index (χ4v) is 5.46. The second-order valence-electron chi connectivity index (χ2n) is 9.65. The number of hydrogen-bond acceptors (Lipinski definition) is 4. The summed E-state index contributed by atoms with van der Waals surface area (Å²) in [5.74, 6) is -0.672. The molecule has 1 aliphatic heterocycles. The Labute approximate surface area is 213 Å². The summed E-state index contributed by atoms with van der Waals surface area (Å²) in [5, 5.41) is 14.4. The molecule has 1 saturated heterocycles. The molecule has 0 radical (unpaired) electrons. The first kappa shape index (κ1) is 26.8. The van der Waals surface area contributed by atoms with Crippen molar-refractivity contribution in [2.75, 3.05) is 7.11 Å². The Morgan fingerprint density at radius 1 is 1.11 bits per heavy atom. The number of carboxylic acids is 1. The van der Waals surface area contributed by atoms with Crippen LogP contribution in [0.1, 0.15) is 51.8 Å². The first-order valence-corrected chi connectivity index (χ1v) is 12.4. The molecular formula is C27H36ClN3O4. The Bertz CT molecular complexity index is 1020. The molecule has 190 valence electrons. The number of carbonyl (C=O) groups is 2. The van der Waals surface area contributed by atoms with Crippen LogP contribution in [0.2, 0.25) is 5.02 Å². The van der Waals surface area contributed by atoms with Crippen LogP contribution >= 0.6 is 11.6 Å². The number of hydrogen-bond donors (Lipinski definition) is 2. The molecule has 0 bridgehead atoms. The van der Waals surface area contributed by atoms with Crippen LogP contribution in [0.15, 0.2) is 48.5 Å². The van der Waals surface area contributed by atoms with E-state index in [1.807, 2.05) is 77.1 Å². The number of carbonyl (C=O) groups excluding carboxylic acids is 1. The molecule has 0 aromatic heterocycles. The SMILES string of the molecule is COc1ccc(Cl)cc1CNC1C(C)C(C(=O)O)N(C(=O)N(C(C)C)C(C)C)C1c1ccccc1. The number of nitrogens with one attached hydrogen (secondary N) is 1. The third-order valence-corrected chi connectivity index (χ3v) is 6.96. The van der Waals surface area contributed by atoms with Crippen LogP contribution in [0.25, 0.3) is 0 Å². The number of benzene rings is 2. The maximum atomic E-state index is 14.0. The minimum Gasteiger partial charge on any atom is -0.496 e. The minimum absolute atomic E-state index is 0.0774. The summed E-state index contributed by atoms with van der Waals surface area (Å²) in [5.41, 5.74) is 1.75.